The third-order valence-corrected chi connectivity index (χ3v) is 3.21. The average Bonchev–Trinajstić information content (AvgIpc) is 2.60. The number of alkyl halides is 2. The van der Waals surface area contributed by atoms with E-state index < -0.39 is 12.0 Å². The van der Waals surface area contributed by atoms with Gasteiger partial charge in [0, 0.05) is 19.1 Å². The maximum Gasteiger partial charge on any atom is 0.257 e. The van der Waals surface area contributed by atoms with Gasteiger partial charge in [-0.2, -0.15) is 0 Å². The summed E-state index contributed by atoms with van der Waals surface area (Å²) in [7, 11) is 0. The molecular formula is C11H22F2N2. The summed E-state index contributed by atoms with van der Waals surface area (Å²) >= 11 is 0. The second-order valence-electron chi connectivity index (χ2n) is 4.70. The van der Waals surface area contributed by atoms with Gasteiger partial charge >= 0.3 is 0 Å². The molecule has 4 heteroatoms. The Hall–Kier alpha value is -0.220. The van der Waals surface area contributed by atoms with Gasteiger partial charge in [-0.25, -0.2) is 8.78 Å². The van der Waals surface area contributed by atoms with Crippen molar-refractivity contribution in [3.05, 3.63) is 0 Å². The van der Waals surface area contributed by atoms with Gasteiger partial charge in [0.2, 0.25) is 0 Å². The molecule has 1 unspecified atom stereocenters. The van der Waals surface area contributed by atoms with E-state index in [1.807, 2.05) is 6.92 Å². The lowest BCUT2D eigenvalue weighted by Gasteiger charge is -2.31. The predicted molar refractivity (Wildman–Crippen MR) is 58.4 cm³/mol. The minimum Gasteiger partial charge on any atom is -0.305 e. The van der Waals surface area contributed by atoms with Gasteiger partial charge in [0.25, 0.3) is 6.43 Å². The molecule has 15 heavy (non-hydrogen) atoms. The van der Waals surface area contributed by atoms with Crippen molar-refractivity contribution in [2.75, 3.05) is 19.6 Å². The van der Waals surface area contributed by atoms with Gasteiger partial charge in [-0.05, 0) is 33.2 Å². The number of halogens is 2. The highest BCUT2D eigenvalue weighted by atomic mass is 19.3. The van der Waals surface area contributed by atoms with Crippen molar-refractivity contribution in [1.29, 1.82) is 0 Å². The van der Waals surface area contributed by atoms with Crippen molar-refractivity contribution in [1.82, 2.24) is 10.2 Å². The fourth-order valence-electron chi connectivity index (χ4n) is 2.08. The highest BCUT2D eigenvalue weighted by Crippen LogP contribution is 2.29. The Morgan fingerprint density at radius 3 is 2.47 bits per heavy atom. The zero-order chi connectivity index (χ0) is 11.5. The quantitative estimate of drug-likeness (QED) is 0.763. The van der Waals surface area contributed by atoms with Crippen LogP contribution in [0.5, 0.6) is 0 Å². The van der Waals surface area contributed by atoms with Crippen LogP contribution in [0.4, 0.5) is 8.78 Å². The summed E-state index contributed by atoms with van der Waals surface area (Å²) in [4.78, 5) is 2.12. The van der Waals surface area contributed by atoms with E-state index in [0.717, 1.165) is 13.0 Å². The molecule has 90 valence electrons. The SMILES string of the molecule is CCCNC1(C(F)F)CCN(C(C)C)C1. The zero-order valence-electron chi connectivity index (χ0n) is 9.89. The second kappa shape index (κ2) is 5.21. The minimum atomic E-state index is -2.27. The zero-order valence-corrected chi connectivity index (χ0v) is 9.89. The summed E-state index contributed by atoms with van der Waals surface area (Å²) in [6, 6.07) is 0.356. The number of nitrogens with zero attached hydrogens (tertiary/aromatic N) is 1. The first-order valence-corrected chi connectivity index (χ1v) is 5.79. The van der Waals surface area contributed by atoms with Crippen molar-refractivity contribution in [3.63, 3.8) is 0 Å². The van der Waals surface area contributed by atoms with Crippen LogP contribution in [0.15, 0.2) is 0 Å². The fraction of sp³-hybridized carbons (Fsp3) is 1.00. The summed E-state index contributed by atoms with van der Waals surface area (Å²) in [5, 5.41) is 3.04. The molecule has 0 aromatic rings. The first kappa shape index (κ1) is 12.8. The Kier molecular flexibility index (Phi) is 4.46. The minimum absolute atomic E-state index is 0.356. The summed E-state index contributed by atoms with van der Waals surface area (Å²) in [6.45, 7) is 8.04. The molecule has 0 bridgehead atoms. The van der Waals surface area contributed by atoms with Crippen molar-refractivity contribution in [2.24, 2.45) is 0 Å². The summed E-state index contributed by atoms with van der Waals surface area (Å²) < 4.78 is 26.1. The Bertz CT molecular complexity index is 197. The highest BCUT2D eigenvalue weighted by molar-refractivity contribution is 5.00. The maximum absolute atomic E-state index is 13.1. The van der Waals surface area contributed by atoms with E-state index in [2.05, 4.69) is 24.1 Å². The van der Waals surface area contributed by atoms with Gasteiger partial charge in [0.15, 0.2) is 0 Å². The Balaban J connectivity index is 2.60. The molecule has 0 amide bonds. The van der Waals surface area contributed by atoms with Gasteiger partial charge in [-0.3, -0.25) is 4.90 Å². The normalized spacial score (nSPS) is 28.2. The van der Waals surface area contributed by atoms with Crippen molar-refractivity contribution in [2.45, 2.75) is 51.6 Å². The van der Waals surface area contributed by atoms with E-state index in [4.69, 9.17) is 0 Å². The molecule has 1 aliphatic rings. The summed E-state index contributed by atoms with van der Waals surface area (Å²) in [6.07, 6.45) is -0.813. The van der Waals surface area contributed by atoms with Crippen molar-refractivity contribution in [3.8, 4) is 0 Å². The molecule has 0 saturated carbocycles. The van der Waals surface area contributed by atoms with Crippen molar-refractivity contribution >= 4 is 0 Å². The lowest BCUT2D eigenvalue weighted by Crippen LogP contribution is -2.54. The maximum atomic E-state index is 13.1. The molecular weight excluding hydrogens is 198 g/mol. The third-order valence-electron chi connectivity index (χ3n) is 3.21. The third kappa shape index (κ3) is 2.88. The molecule has 0 aliphatic carbocycles. The number of likely N-dealkylation sites (tertiary alicyclic amines) is 1. The van der Waals surface area contributed by atoms with E-state index in [9.17, 15) is 8.78 Å². The molecule has 0 spiro atoms. The largest absolute Gasteiger partial charge is 0.305 e. The van der Waals surface area contributed by atoms with E-state index in [1.54, 1.807) is 0 Å². The number of hydrogen-bond donors (Lipinski definition) is 1. The van der Waals surface area contributed by atoms with Crippen LogP contribution >= 0.6 is 0 Å². The van der Waals surface area contributed by atoms with Crippen LogP contribution in [0.3, 0.4) is 0 Å². The van der Waals surface area contributed by atoms with Crippen molar-refractivity contribution < 1.29 is 8.78 Å². The summed E-state index contributed by atoms with van der Waals surface area (Å²) in [5.74, 6) is 0. The average molecular weight is 220 g/mol. The number of nitrogens with one attached hydrogen (secondary N) is 1. The Labute approximate surface area is 91.0 Å². The fourth-order valence-corrected chi connectivity index (χ4v) is 2.08. The van der Waals surface area contributed by atoms with E-state index in [-0.39, 0.29) is 0 Å². The molecule has 0 aromatic heterocycles. The molecule has 1 heterocycles. The number of rotatable bonds is 5. The van der Waals surface area contributed by atoms with Crippen LogP contribution in [0.1, 0.15) is 33.6 Å². The Morgan fingerprint density at radius 2 is 2.07 bits per heavy atom. The summed E-state index contributed by atoms with van der Waals surface area (Å²) in [5.41, 5.74) is -0.958. The highest BCUT2D eigenvalue weighted by Gasteiger charge is 2.45. The molecule has 1 fully saturated rings. The topological polar surface area (TPSA) is 15.3 Å². The van der Waals surface area contributed by atoms with Crippen LogP contribution in [0, 0.1) is 0 Å². The van der Waals surface area contributed by atoms with Crippen LogP contribution in [0.25, 0.3) is 0 Å². The molecule has 0 radical (unpaired) electrons. The van der Waals surface area contributed by atoms with Gasteiger partial charge < -0.3 is 5.32 Å². The standard InChI is InChI=1S/C11H22F2N2/c1-4-6-14-11(10(12)13)5-7-15(8-11)9(2)3/h9-10,14H,4-8H2,1-3H3. The Morgan fingerprint density at radius 1 is 1.40 bits per heavy atom. The van der Waals surface area contributed by atoms with Gasteiger partial charge in [-0.15, -0.1) is 0 Å². The van der Waals surface area contributed by atoms with E-state index >= 15 is 0 Å². The first-order chi connectivity index (χ1) is 7.02. The second-order valence-corrected chi connectivity index (χ2v) is 4.70. The van der Waals surface area contributed by atoms with E-state index in [0.29, 0.717) is 25.6 Å². The molecule has 0 aromatic carbocycles. The molecule has 1 aliphatic heterocycles. The molecule has 1 N–H and O–H groups in total. The van der Waals surface area contributed by atoms with Crippen LogP contribution in [-0.4, -0.2) is 42.5 Å². The lowest BCUT2D eigenvalue weighted by molar-refractivity contribution is 0.0328. The lowest BCUT2D eigenvalue weighted by atomic mass is 9.99. The van der Waals surface area contributed by atoms with Gasteiger partial charge in [-0.1, -0.05) is 6.92 Å². The monoisotopic (exact) mass is 220 g/mol. The first-order valence-electron chi connectivity index (χ1n) is 5.79. The smallest absolute Gasteiger partial charge is 0.257 e. The molecule has 1 atom stereocenters. The number of hydrogen-bond acceptors (Lipinski definition) is 2. The van der Waals surface area contributed by atoms with E-state index in [1.165, 1.54) is 0 Å². The van der Waals surface area contributed by atoms with Crippen LogP contribution < -0.4 is 5.32 Å². The van der Waals surface area contributed by atoms with Gasteiger partial charge in [0.05, 0.1) is 5.54 Å². The van der Waals surface area contributed by atoms with Crippen LogP contribution in [0.2, 0.25) is 0 Å². The molecule has 2 nitrogen and oxygen atoms in total. The predicted octanol–water partition coefficient (Wildman–Crippen LogP) is 2.10. The molecule has 1 rings (SSSR count). The van der Waals surface area contributed by atoms with Gasteiger partial charge in [0.1, 0.15) is 0 Å². The molecule has 1 saturated heterocycles. The van der Waals surface area contributed by atoms with Crippen LogP contribution in [-0.2, 0) is 0 Å².